The van der Waals surface area contributed by atoms with Crippen LogP contribution in [0.4, 0.5) is 0 Å². The summed E-state index contributed by atoms with van der Waals surface area (Å²) >= 11 is 1.43. The summed E-state index contributed by atoms with van der Waals surface area (Å²) in [5.41, 5.74) is 6.18. The summed E-state index contributed by atoms with van der Waals surface area (Å²) in [5, 5.41) is 6.26. The molecule has 1 heterocycles. The summed E-state index contributed by atoms with van der Waals surface area (Å²) in [6, 6.07) is 12.0. The Bertz CT molecular complexity index is 632. The Morgan fingerprint density at radius 2 is 1.95 bits per heavy atom. The minimum absolute atomic E-state index is 0.130. The molecule has 0 fully saturated rings. The van der Waals surface area contributed by atoms with E-state index in [1.807, 2.05) is 17.5 Å². The number of carbonyl (C=O) groups excluding carboxylic acids is 1. The molecule has 1 amide bonds. The second kappa shape index (κ2) is 6.01. The third-order valence-electron chi connectivity index (χ3n) is 3.48. The molecular formula is C16H16N2OS. The van der Waals surface area contributed by atoms with Crippen LogP contribution >= 0.6 is 11.3 Å². The molecule has 20 heavy (non-hydrogen) atoms. The molecule has 0 saturated heterocycles. The molecule has 1 aromatic heterocycles. The number of aryl methyl sites for hydroxylation is 1. The Hall–Kier alpha value is -1.94. The molecule has 0 aliphatic heterocycles. The number of hydrazone groups is 1. The van der Waals surface area contributed by atoms with E-state index in [4.69, 9.17) is 0 Å². The highest BCUT2D eigenvalue weighted by Crippen LogP contribution is 2.20. The topological polar surface area (TPSA) is 41.5 Å². The number of rotatable bonds is 2. The van der Waals surface area contributed by atoms with Crippen LogP contribution in [0.5, 0.6) is 0 Å². The number of nitrogens with zero attached hydrogens (tertiary/aromatic N) is 1. The first-order valence-corrected chi connectivity index (χ1v) is 7.71. The van der Waals surface area contributed by atoms with Crippen molar-refractivity contribution in [2.75, 3.05) is 0 Å². The largest absolute Gasteiger partial charge is 0.281 e. The van der Waals surface area contributed by atoms with Gasteiger partial charge in [-0.3, -0.25) is 4.79 Å². The van der Waals surface area contributed by atoms with Gasteiger partial charge in [-0.15, -0.1) is 11.3 Å². The van der Waals surface area contributed by atoms with E-state index in [9.17, 15) is 4.79 Å². The zero-order valence-corrected chi connectivity index (χ0v) is 12.0. The van der Waals surface area contributed by atoms with Crippen molar-refractivity contribution in [2.45, 2.75) is 25.7 Å². The zero-order chi connectivity index (χ0) is 13.8. The van der Waals surface area contributed by atoms with Gasteiger partial charge in [-0.25, -0.2) is 5.43 Å². The molecule has 4 heteroatoms. The van der Waals surface area contributed by atoms with Crippen LogP contribution in [0.15, 0.2) is 46.9 Å². The van der Waals surface area contributed by atoms with Crippen molar-refractivity contribution in [3.05, 3.63) is 57.8 Å². The van der Waals surface area contributed by atoms with Crippen LogP contribution in [0.2, 0.25) is 0 Å². The Morgan fingerprint density at radius 3 is 2.80 bits per heavy atom. The highest BCUT2D eigenvalue weighted by molar-refractivity contribution is 7.12. The standard InChI is InChI=1S/C16H16N2OS/c19-16(15-10-5-11-20-15)18-17-14-9-4-2-7-12-6-1-3-8-13(12)14/h1,3,5-6,8,10-11H,2,4,7,9H2,(H,18,19)/b17-14-. The fraction of sp³-hybridized carbons (Fsp3) is 0.250. The van der Waals surface area contributed by atoms with Gasteiger partial charge in [0.1, 0.15) is 0 Å². The van der Waals surface area contributed by atoms with Gasteiger partial charge in [-0.05, 0) is 42.7 Å². The maximum Gasteiger partial charge on any atom is 0.281 e. The molecule has 1 aliphatic carbocycles. The maximum atomic E-state index is 11.9. The van der Waals surface area contributed by atoms with Gasteiger partial charge in [0.05, 0.1) is 10.6 Å². The second-order valence-corrected chi connectivity index (χ2v) is 5.79. The Morgan fingerprint density at radius 1 is 1.10 bits per heavy atom. The van der Waals surface area contributed by atoms with E-state index in [0.29, 0.717) is 4.88 Å². The first kappa shape index (κ1) is 13.1. The number of nitrogens with one attached hydrogen (secondary N) is 1. The molecule has 0 spiro atoms. The SMILES string of the molecule is O=C(N/N=C1/CCCCc2ccccc21)c1cccs1. The molecule has 0 atom stereocenters. The third kappa shape index (κ3) is 2.80. The molecule has 3 nitrogen and oxygen atoms in total. The lowest BCUT2D eigenvalue weighted by atomic mass is 10.0. The molecule has 0 saturated carbocycles. The van der Waals surface area contributed by atoms with Gasteiger partial charge in [0.25, 0.3) is 5.91 Å². The van der Waals surface area contributed by atoms with Gasteiger partial charge in [0.15, 0.2) is 0 Å². The number of thiophene rings is 1. The van der Waals surface area contributed by atoms with Gasteiger partial charge in [-0.2, -0.15) is 5.10 Å². The van der Waals surface area contributed by atoms with Crippen molar-refractivity contribution in [1.29, 1.82) is 0 Å². The van der Waals surface area contributed by atoms with E-state index in [0.717, 1.165) is 25.0 Å². The minimum atomic E-state index is -0.130. The number of amides is 1. The number of hydrogen-bond acceptors (Lipinski definition) is 3. The Kier molecular flexibility index (Phi) is 3.92. The molecule has 2 aromatic rings. The summed E-state index contributed by atoms with van der Waals surface area (Å²) in [5.74, 6) is -0.130. The summed E-state index contributed by atoms with van der Waals surface area (Å²) in [4.78, 5) is 12.6. The average Bonchev–Trinajstić information content (AvgIpc) is 2.93. The Balaban J connectivity index is 1.82. The first-order chi connectivity index (χ1) is 9.84. The van der Waals surface area contributed by atoms with Gasteiger partial charge < -0.3 is 0 Å². The number of hydrogen-bond donors (Lipinski definition) is 1. The summed E-state index contributed by atoms with van der Waals surface area (Å²) in [6.45, 7) is 0. The predicted molar refractivity (Wildman–Crippen MR) is 82.3 cm³/mol. The molecule has 1 N–H and O–H groups in total. The van der Waals surface area contributed by atoms with Crippen LogP contribution in [-0.2, 0) is 6.42 Å². The molecule has 1 aliphatic rings. The lowest BCUT2D eigenvalue weighted by molar-refractivity contribution is 0.0959. The van der Waals surface area contributed by atoms with Crippen LogP contribution in [0.25, 0.3) is 0 Å². The van der Waals surface area contributed by atoms with Crippen molar-refractivity contribution in [2.24, 2.45) is 5.10 Å². The van der Waals surface area contributed by atoms with Crippen molar-refractivity contribution in [1.82, 2.24) is 5.43 Å². The number of benzene rings is 1. The van der Waals surface area contributed by atoms with E-state index in [-0.39, 0.29) is 5.91 Å². The molecule has 102 valence electrons. The lowest BCUT2D eigenvalue weighted by Gasteiger charge is -2.07. The van der Waals surface area contributed by atoms with E-state index in [1.165, 1.54) is 28.9 Å². The van der Waals surface area contributed by atoms with Gasteiger partial charge in [0, 0.05) is 5.56 Å². The first-order valence-electron chi connectivity index (χ1n) is 6.83. The van der Waals surface area contributed by atoms with Crippen LogP contribution in [-0.4, -0.2) is 11.6 Å². The quantitative estimate of drug-likeness (QED) is 0.664. The smallest absolute Gasteiger partial charge is 0.266 e. The summed E-state index contributed by atoms with van der Waals surface area (Å²) < 4.78 is 0. The van der Waals surface area contributed by atoms with Gasteiger partial charge in [0.2, 0.25) is 0 Å². The molecule has 3 rings (SSSR count). The fourth-order valence-corrected chi connectivity index (χ4v) is 3.07. The molecule has 0 bridgehead atoms. The minimum Gasteiger partial charge on any atom is -0.266 e. The van der Waals surface area contributed by atoms with Gasteiger partial charge >= 0.3 is 0 Å². The normalized spacial score (nSPS) is 16.5. The van der Waals surface area contributed by atoms with Crippen molar-refractivity contribution in [3.63, 3.8) is 0 Å². The fourth-order valence-electron chi connectivity index (χ4n) is 2.46. The van der Waals surface area contributed by atoms with Crippen LogP contribution < -0.4 is 5.43 Å². The van der Waals surface area contributed by atoms with Crippen molar-refractivity contribution in [3.8, 4) is 0 Å². The highest BCUT2D eigenvalue weighted by atomic mass is 32.1. The zero-order valence-electron chi connectivity index (χ0n) is 11.1. The van der Waals surface area contributed by atoms with E-state index in [1.54, 1.807) is 6.07 Å². The maximum absolute atomic E-state index is 11.9. The Labute approximate surface area is 122 Å². The monoisotopic (exact) mass is 284 g/mol. The van der Waals surface area contributed by atoms with Crippen molar-refractivity contribution < 1.29 is 4.79 Å². The number of fused-ring (bicyclic) bond motifs is 1. The molecule has 0 radical (unpaired) electrons. The molecular weight excluding hydrogens is 268 g/mol. The van der Waals surface area contributed by atoms with E-state index in [2.05, 4.69) is 28.7 Å². The van der Waals surface area contributed by atoms with Crippen molar-refractivity contribution >= 4 is 23.0 Å². The van der Waals surface area contributed by atoms with Crippen LogP contribution in [0, 0.1) is 0 Å². The number of carbonyl (C=O) groups is 1. The van der Waals surface area contributed by atoms with E-state index >= 15 is 0 Å². The van der Waals surface area contributed by atoms with Gasteiger partial charge in [-0.1, -0.05) is 30.3 Å². The third-order valence-corrected chi connectivity index (χ3v) is 4.34. The van der Waals surface area contributed by atoms with Crippen LogP contribution in [0.1, 0.15) is 40.1 Å². The lowest BCUT2D eigenvalue weighted by Crippen LogP contribution is -2.19. The highest BCUT2D eigenvalue weighted by Gasteiger charge is 2.14. The predicted octanol–water partition coefficient (Wildman–Crippen LogP) is 3.61. The summed E-state index contributed by atoms with van der Waals surface area (Å²) in [6.07, 6.45) is 4.30. The second-order valence-electron chi connectivity index (χ2n) is 4.84. The molecule has 1 aromatic carbocycles. The van der Waals surface area contributed by atoms with E-state index < -0.39 is 0 Å². The van der Waals surface area contributed by atoms with Crippen LogP contribution in [0.3, 0.4) is 0 Å². The summed E-state index contributed by atoms with van der Waals surface area (Å²) in [7, 11) is 0. The molecule has 0 unspecified atom stereocenters. The average molecular weight is 284 g/mol.